The Hall–Kier alpha value is -3.87. The molecular formula is C24H23N5O2. The van der Waals surface area contributed by atoms with Crippen LogP contribution in [0.25, 0.3) is 5.70 Å². The van der Waals surface area contributed by atoms with E-state index in [1.54, 1.807) is 13.1 Å². The summed E-state index contributed by atoms with van der Waals surface area (Å²) in [5.41, 5.74) is 4.04. The van der Waals surface area contributed by atoms with Gasteiger partial charge in [0.25, 0.3) is 5.91 Å². The second-order valence-electron chi connectivity index (χ2n) is 7.83. The van der Waals surface area contributed by atoms with Gasteiger partial charge >= 0.3 is 6.03 Å². The maximum absolute atomic E-state index is 13.3. The molecule has 0 spiro atoms. The van der Waals surface area contributed by atoms with E-state index in [-0.39, 0.29) is 18.5 Å². The lowest BCUT2D eigenvalue weighted by Gasteiger charge is -2.39. The molecule has 7 nitrogen and oxygen atoms in total. The summed E-state index contributed by atoms with van der Waals surface area (Å²) in [5.74, 6) is 0.388. The van der Waals surface area contributed by atoms with E-state index in [0.717, 1.165) is 22.5 Å². The van der Waals surface area contributed by atoms with E-state index in [2.05, 4.69) is 24.5 Å². The summed E-state index contributed by atoms with van der Waals surface area (Å²) >= 11 is 0. The summed E-state index contributed by atoms with van der Waals surface area (Å²) in [4.78, 5) is 37.7. The lowest BCUT2D eigenvalue weighted by molar-refractivity contribution is -0.136. The van der Waals surface area contributed by atoms with Gasteiger partial charge in [0.2, 0.25) is 5.96 Å². The number of carbonyl (C=O) groups is 2. The van der Waals surface area contributed by atoms with Crippen molar-refractivity contribution in [3.63, 3.8) is 0 Å². The summed E-state index contributed by atoms with van der Waals surface area (Å²) in [5, 5.41) is 0. The first-order chi connectivity index (χ1) is 15.0. The van der Waals surface area contributed by atoms with E-state index in [1.165, 1.54) is 9.80 Å². The normalized spacial score (nSPS) is 22.4. The molecule has 5 rings (SSSR count). The molecule has 7 heteroatoms. The molecule has 0 N–H and O–H groups in total. The number of nitrogens with zero attached hydrogens (tertiary/aromatic N) is 5. The maximum atomic E-state index is 13.3. The van der Waals surface area contributed by atoms with Gasteiger partial charge in [0.1, 0.15) is 0 Å². The average molecular weight is 413 g/mol. The number of urea groups is 1. The van der Waals surface area contributed by atoms with Crippen LogP contribution in [0.1, 0.15) is 11.1 Å². The molecule has 156 valence electrons. The Bertz CT molecular complexity index is 1140. The van der Waals surface area contributed by atoms with Crippen molar-refractivity contribution in [1.29, 1.82) is 0 Å². The third-order valence-electron chi connectivity index (χ3n) is 5.95. The van der Waals surface area contributed by atoms with Gasteiger partial charge in [-0.15, -0.1) is 6.58 Å². The van der Waals surface area contributed by atoms with Crippen LogP contribution in [0.2, 0.25) is 0 Å². The van der Waals surface area contributed by atoms with Gasteiger partial charge in [0.05, 0.1) is 11.4 Å². The predicted octanol–water partition coefficient (Wildman–Crippen LogP) is 3.26. The lowest BCUT2D eigenvalue weighted by Crippen LogP contribution is -2.64. The largest absolute Gasteiger partial charge is 0.328 e. The molecule has 3 aliphatic rings. The van der Waals surface area contributed by atoms with Crippen LogP contribution >= 0.6 is 0 Å². The van der Waals surface area contributed by atoms with E-state index < -0.39 is 12.2 Å². The van der Waals surface area contributed by atoms with Gasteiger partial charge in [-0.1, -0.05) is 54.6 Å². The topological polar surface area (TPSA) is 59.5 Å². The molecule has 31 heavy (non-hydrogen) atoms. The molecule has 3 amide bonds. The Morgan fingerprint density at radius 2 is 1.77 bits per heavy atom. The van der Waals surface area contributed by atoms with Crippen molar-refractivity contribution < 1.29 is 9.59 Å². The summed E-state index contributed by atoms with van der Waals surface area (Å²) in [6.07, 6.45) is 2.96. The fourth-order valence-electron chi connectivity index (χ4n) is 4.40. The van der Waals surface area contributed by atoms with Gasteiger partial charge in [-0.2, -0.15) is 0 Å². The number of aryl methyl sites for hydroxylation is 1. The van der Waals surface area contributed by atoms with Crippen molar-refractivity contribution in [2.45, 2.75) is 19.1 Å². The summed E-state index contributed by atoms with van der Waals surface area (Å²) in [6, 6.07) is 17.2. The van der Waals surface area contributed by atoms with Crippen LogP contribution in [0.3, 0.4) is 0 Å². The molecule has 0 bridgehead atoms. The Morgan fingerprint density at radius 3 is 2.48 bits per heavy atom. The molecule has 0 aromatic heterocycles. The van der Waals surface area contributed by atoms with Gasteiger partial charge in [-0.05, 0) is 18.6 Å². The summed E-state index contributed by atoms with van der Waals surface area (Å²) in [6.45, 7) is 5.91. The van der Waals surface area contributed by atoms with Gasteiger partial charge in [-0.3, -0.25) is 19.5 Å². The number of imide groups is 1. The first-order valence-corrected chi connectivity index (χ1v) is 10.2. The highest BCUT2D eigenvalue weighted by Gasteiger charge is 2.54. The third-order valence-corrected chi connectivity index (χ3v) is 5.95. The minimum atomic E-state index is -0.606. The molecule has 0 radical (unpaired) electrons. The predicted molar refractivity (Wildman–Crippen MR) is 120 cm³/mol. The van der Waals surface area contributed by atoms with Crippen LogP contribution in [0.5, 0.6) is 0 Å². The van der Waals surface area contributed by atoms with Crippen molar-refractivity contribution in [3.8, 4) is 0 Å². The number of aliphatic imine (C=N–C) groups is 1. The smallest absolute Gasteiger partial charge is 0.302 e. The Balaban J connectivity index is 1.65. The number of hydrogen-bond acceptors (Lipinski definition) is 5. The van der Waals surface area contributed by atoms with Gasteiger partial charge in [0.15, 0.2) is 12.2 Å². The number of likely N-dealkylation sites (N-methyl/N-ethyl adjacent to an activating group) is 1. The van der Waals surface area contributed by atoms with Crippen LogP contribution in [0, 0.1) is 6.92 Å². The van der Waals surface area contributed by atoms with Crippen molar-refractivity contribution in [3.05, 3.63) is 84.6 Å². The first kappa shape index (κ1) is 19.1. The lowest BCUT2D eigenvalue weighted by atomic mass is 10.1. The van der Waals surface area contributed by atoms with E-state index in [0.29, 0.717) is 5.96 Å². The first-order valence-electron chi connectivity index (χ1n) is 10.2. The third kappa shape index (κ3) is 2.77. The fourth-order valence-corrected chi connectivity index (χ4v) is 4.40. The molecule has 2 aromatic rings. The number of para-hydroxylation sites is 1. The molecule has 1 fully saturated rings. The Kier molecular flexibility index (Phi) is 4.39. The highest BCUT2D eigenvalue weighted by Crippen LogP contribution is 2.40. The molecule has 0 saturated carbocycles. The number of hydrogen-bond donors (Lipinski definition) is 0. The second-order valence-corrected chi connectivity index (χ2v) is 7.83. The molecular weight excluding hydrogens is 390 g/mol. The quantitative estimate of drug-likeness (QED) is 0.722. The van der Waals surface area contributed by atoms with Gasteiger partial charge < -0.3 is 4.90 Å². The number of fused-ring (bicyclic) bond motifs is 3. The van der Waals surface area contributed by atoms with E-state index >= 15 is 0 Å². The number of carbonyl (C=O) groups excluding carboxylic acids is 2. The summed E-state index contributed by atoms with van der Waals surface area (Å²) in [7, 11) is 1.69. The number of guanidine groups is 1. The zero-order chi connectivity index (χ0) is 21.7. The molecule has 0 aliphatic carbocycles. The van der Waals surface area contributed by atoms with E-state index in [1.807, 2.05) is 59.6 Å². The molecule has 2 atom stereocenters. The van der Waals surface area contributed by atoms with Crippen LogP contribution in [-0.4, -0.2) is 58.4 Å². The van der Waals surface area contributed by atoms with Crippen molar-refractivity contribution in [2.75, 3.05) is 18.5 Å². The zero-order valence-corrected chi connectivity index (χ0v) is 17.5. The van der Waals surface area contributed by atoms with Crippen LogP contribution < -0.4 is 4.90 Å². The minimum Gasteiger partial charge on any atom is -0.302 e. The number of amides is 3. The molecule has 3 heterocycles. The van der Waals surface area contributed by atoms with Crippen molar-refractivity contribution >= 4 is 29.3 Å². The average Bonchev–Trinajstić information content (AvgIpc) is 3.33. The van der Waals surface area contributed by atoms with Crippen molar-refractivity contribution in [1.82, 2.24) is 14.7 Å². The van der Waals surface area contributed by atoms with Crippen LogP contribution in [-0.2, 0) is 4.79 Å². The van der Waals surface area contributed by atoms with Crippen LogP contribution in [0.4, 0.5) is 10.5 Å². The van der Waals surface area contributed by atoms with E-state index in [9.17, 15) is 9.59 Å². The SMILES string of the molecule is C=CCN1C(=O)C2C(N=C3N(c4ccccc4C)C(c4ccccc4)=CN32)N(C)C1=O. The van der Waals surface area contributed by atoms with Crippen molar-refractivity contribution in [2.24, 2.45) is 4.99 Å². The van der Waals surface area contributed by atoms with Gasteiger partial charge in [0, 0.05) is 25.4 Å². The van der Waals surface area contributed by atoms with E-state index in [4.69, 9.17) is 4.99 Å². The highest BCUT2D eigenvalue weighted by molar-refractivity contribution is 6.16. The van der Waals surface area contributed by atoms with Gasteiger partial charge in [-0.25, -0.2) is 9.79 Å². The Morgan fingerprint density at radius 1 is 1.06 bits per heavy atom. The minimum absolute atomic E-state index is 0.172. The standard InChI is InChI=1S/C24H23N5O2/c1-4-14-27-22(30)20-21(26(3)24(27)31)25-23-28(20)15-19(17-11-6-5-7-12-17)29(23)18-13-9-8-10-16(18)2/h4-13,15,20-21H,1,14H2,2-3H3. The Labute approximate surface area is 181 Å². The monoisotopic (exact) mass is 413 g/mol. The molecule has 2 aromatic carbocycles. The summed E-state index contributed by atoms with van der Waals surface area (Å²) < 4.78 is 0. The molecule has 2 unspecified atom stereocenters. The highest BCUT2D eigenvalue weighted by atomic mass is 16.2. The second kappa shape index (κ2) is 7.12. The number of rotatable bonds is 4. The number of anilines is 1. The molecule has 1 saturated heterocycles. The fraction of sp³-hybridized carbons (Fsp3) is 0.208. The van der Waals surface area contributed by atoms with Crippen LogP contribution in [0.15, 0.2) is 78.4 Å². The molecule has 3 aliphatic heterocycles. The number of benzene rings is 2. The zero-order valence-electron chi connectivity index (χ0n) is 17.5. The maximum Gasteiger partial charge on any atom is 0.328 e.